The Kier molecular flexibility index (Phi) is 5.66. The second kappa shape index (κ2) is 8.12. The summed E-state index contributed by atoms with van der Waals surface area (Å²) in [5, 5.41) is 13.3. The van der Waals surface area contributed by atoms with Crippen molar-refractivity contribution in [3.63, 3.8) is 0 Å². The maximum Gasteiger partial charge on any atom is 0.212 e. The van der Waals surface area contributed by atoms with Crippen LogP contribution in [0, 0.1) is 0 Å². The molecule has 24 heavy (non-hydrogen) atoms. The monoisotopic (exact) mass is 402 g/mol. The minimum atomic E-state index is 0.740. The molecule has 0 bridgehead atoms. The number of benzene rings is 2. The van der Waals surface area contributed by atoms with Crippen LogP contribution in [0.4, 0.5) is 0 Å². The van der Waals surface area contributed by atoms with Gasteiger partial charge in [0.2, 0.25) is 5.16 Å². The van der Waals surface area contributed by atoms with Crippen molar-refractivity contribution >= 4 is 33.9 Å². The lowest BCUT2D eigenvalue weighted by atomic mass is 10.2. The molecule has 1 heterocycles. The van der Waals surface area contributed by atoms with E-state index in [0.717, 1.165) is 26.7 Å². The summed E-state index contributed by atoms with van der Waals surface area (Å²) in [6.45, 7) is 0. The molecule has 3 rings (SSSR count). The van der Waals surface area contributed by atoms with Gasteiger partial charge in [-0.2, -0.15) is 9.78 Å². The van der Waals surface area contributed by atoms with Gasteiger partial charge in [-0.15, -0.1) is 10.2 Å². The van der Waals surface area contributed by atoms with E-state index in [1.54, 1.807) is 36.1 Å². The van der Waals surface area contributed by atoms with Gasteiger partial charge in [0.25, 0.3) is 0 Å². The Morgan fingerprint density at radius 3 is 2.88 bits per heavy atom. The number of thioether (sulfide) groups is 1. The van der Waals surface area contributed by atoms with Crippen molar-refractivity contribution in [2.45, 2.75) is 10.9 Å². The van der Waals surface area contributed by atoms with E-state index in [9.17, 15) is 0 Å². The minimum Gasteiger partial charge on any atom is -0.496 e. The van der Waals surface area contributed by atoms with Crippen LogP contribution in [0.2, 0.25) is 0 Å². The molecule has 0 spiro atoms. The Morgan fingerprint density at radius 2 is 2.08 bits per heavy atom. The van der Waals surface area contributed by atoms with Crippen LogP contribution in [0.15, 0.2) is 69.6 Å². The highest BCUT2D eigenvalue weighted by Gasteiger charge is 2.05. The van der Waals surface area contributed by atoms with Crippen LogP contribution in [-0.2, 0) is 5.75 Å². The van der Waals surface area contributed by atoms with Crippen LogP contribution >= 0.6 is 27.7 Å². The lowest BCUT2D eigenvalue weighted by Crippen LogP contribution is -1.95. The van der Waals surface area contributed by atoms with E-state index >= 15 is 0 Å². The predicted octanol–water partition coefficient (Wildman–Crippen LogP) is 4.22. The Balaban J connectivity index is 1.75. The van der Waals surface area contributed by atoms with Gasteiger partial charge in [0, 0.05) is 15.8 Å². The SMILES string of the molecule is COc1ccc(Br)cc1/C=N\n1cnnc1SCc1ccccc1. The Labute approximate surface area is 152 Å². The average Bonchev–Trinajstić information content (AvgIpc) is 3.06. The van der Waals surface area contributed by atoms with E-state index in [0.29, 0.717) is 0 Å². The summed E-state index contributed by atoms with van der Waals surface area (Å²) in [6.07, 6.45) is 3.33. The summed E-state index contributed by atoms with van der Waals surface area (Å²) >= 11 is 5.05. The first-order chi connectivity index (χ1) is 11.8. The minimum absolute atomic E-state index is 0.740. The van der Waals surface area contributed by atoms with E-state index in [2.05, 4.69) is 43.4 Å². The number of aromatic nitrogens is 3. The van der Waals surface area contributed by atoms with E-state index < -0.39 is 0 Å². The van der Waals surface area contributed by atoms with E-state index in [1.165, 1.54) is 5.56 Å². The molecule has 5 nitrogen and oxygen atoms in total. The standard InChI is InChI=1S/C17H15BrN4OS/c1-23-16-8-7-15(18)9-14(16)10-20-22-12-19-21-17(22)24-11-13-5-3-2-4-6-13/h2-10,12H,11H2,1H3/b20-10-. The first-order valence-electron chi connectivity index (χ1n) is 7.21. The summed E-state index contributed by atoms with van der Waals surface area (Å²) in [7, 11) is 1.64. The number of nitrogens with zero attached hydrogens (tertiary/aromatic N) is 4. The van der Waals surface area contributed by atoms with Gasteiger partial charge >= 0.3 is 0 Å². The number of rotatable bonds is 6. The van der Waals surface area contributed by atoms with E-state index in [1.807, 2.05) is 36.4 Å². The molecular formula is C17H15BrN4OS. The zero-order valence-electron chi connectivity index (χ0n) is 13.0. The van der Waals surface area contributed by atoms with Gasteiger partial charge in [0.15, 0.2) is 0 Å². The van der Waals surface area contributed by atoms with Crippen molar-refractivity contribution in [2.24, 2.45) is 5.10 Å². The van der Waals surface area contributed by atoms with Gasteiger partial charge in [-0.3, -0.25) is 0 Å². The second-order valence-electron chi connectivity index (χ2n) is 4.86. The van der Waals surface area contributed by atoms with Crippen LogP contribution in [-0.4, -0.2) is 28.2 Å². The summed E-state index contributed by atoms with van der Waals surface area (Å²) < 4.78 is 7.97. The van der Waals surface area contributed by atoms with E-state index in [4.69, 9.17) is 4.74 Å². The molecule has 1 aromatic heterocycles. The van der Waals surface area contributed by atoms with Gasteiger partial charge in [-0.1, -0.05) is 58.0 Å². The number of hydrogen-bond acceptors (Lipinski definition) is 5. The van der Waals surface area contributed by atoms with Gasteiger partial charge in [0.1, 0.15) is 12.1 Å². The van der Waals surface area contributed by atoms with Crippen molar-refractivity contribution < 1.29 is 4.74 Å². The third-order valence-corrected chi connectivity index (χ3v) is 4.72. The highest BCUT2D eigenvalue weighted by atomic mass is 79.9. The summed E-state index contributed by atoms with van der Waals surface area (Å²) in [5.74, 6) is 1.57. The van der Waals surface area contributed by atoms with Gasteiger partial charge in [0.05, 0.1) is 13.3 Å². The lowest BCUT2D eigenvalue weighted by Gasteiger charge is -2.05. The van der Waals surface area contributed by atoms with Crippen molar-refractivity contribution in [3.05, 3.63) is 70.5 Å². The zero-order chi connectivity index (χ0) is 16.8. The molecule has 0 atom stereocenters. The molecule has 0 amide bonds. The molecule has 0 N–H and O–H groups in total. The summed E-state index contributed by atoms with van der Waals surface area (Å²) in [6, 6.07) is 16.0. The van der Waals surface area contributed by atoms with Gasteiger partial charge in [-0.25, -0.2) is 0 Å². The third kappa shape index (κ3) is 4.24. The lowest BCUT2D eigenvalue weighted by molar-refractivity contribution is 0.414. The highest BCUT2D eigenvalue weighted by Crippen LogP contribution is 2.23. The highest BCUT2D eigenvalue weighted by molar-refractivity contribution is 9.10. The fourth-order valence-electron chi connectivity index (χ4n) is 2.05. The maximum atomic E-state index is 5.35. The Bertz CT molecular complexity index is 836. The van der Waals surface area contributed by atoms with E-state index in [-0.39, 0.29) is 0 Å². The smallest absolute Gasteiger partial charge is 0.212 e. The van der Waals surface area contributed by atoms with Crippen LogP contribution in [0.3, 0.4) is 0 Å². The molecule has 0 saturated carbocycles. The molecule has 0 aliphatic heterocycles. The molecule has 0 radical (unpaired) electrons. The predicted molar refractivity (Wildman–Crippen MR) is 99.7 cm³/mol. The normalized spacial score (nSPS) is 11.1. The van der Waals surface area contributed by atoms with Gasteiger partial charge in [-0.05, 0) is 23.8 Å². The number of methoxy groups -OCH3 is 1. The summed E-state index contributed by atoms with van der Waals surface area (Å²) in [5.41, 5.74) is 2.11. The molecule has 0 saturated heterocycles. The maximum absolute atomic E-state index is 5.35. The zero-order valence-corrected chi connectivity index (χ0v) is 15.4. The van der Waals surface area contributed by atoms with Crippen molar-refractivity contribution in [1.82, 2.24) is 14.9 Å². The third-order valence-electron chi connectivity index (χ3n) is 3.22. The number of halogens is 1. The fraction of sp³-hybridized carbons (Fsp3) is 0.118. The molecule has 2 aromatic carbocycles. The average molecular weight is 403 g/mol. The Hall–Kier alpha value is -2.12. The summed E-state index contributed by atoms with van der Waals surface area (Å²) in [4.78, 5) is 0. The number of ether oxygens (including phenoxy) is 1. The van der Waals surface area contributed by atoms with Crippen molar-refractivity contribution in [1.29, 1.82) is 0 Å². The quantitative estimate of drug-likeness (QED) is 0.457. The number of hydrogen-bond donors (Lipinski definition) is 0. The Morgan fingerprint density at radius 1 is 1.25 bits per heavy atom. The van der Waals surface area contributed by atoms with Crippen LogP contribution in [0.1, 0.15) is 11.1 Å². The van der Waals surface area contributed by atoms with Crippen LogP contribution in [0.25, 0.3) is 0 Å². The largest absolute Gasteiger partial charge is 0.496 e. The molecule has 3 aromatic rings. The molecular weight excluding hydrogens is 388 g/mol. The fourth-order valence-corrected chi connectivity index (χ4v) is 3.24. The molecule has 0 aliphatic rings. The molecule has 0 unspecified atom stereocenters. The topological polar surface area (TPSA) is 52.3 Å². The molecule has 0 fully saturated rings. The van der Waals surface area contributed by atoms with Crippen LogP contribution < -0.4 is 4.74 Å². The molecule has 0 aliphatic carbocycles. The first kappa shape index (κ1) is 16.7. The van der Waals surface area contributed by atoms with Crippen LogP contribution in [0.5, 0.6) is 5.75 Å². The molecule has 7 heteroatoms. The first-order valence-corrected chi connectivity index (χ1v) is 8.99. The second-order valence-corrected chi connectivity index (χ2v) is 6.72. The molecule has 122 valence electrons. The van der Waals surface area contributed by atoms with Gasteiger partial charge < -0.3 is 4.74 Å². The van der Waals surface area contributed by atoms with Crippen molar-refractivity contribution in [3.8, 4) is 5.75 Å². The van der Waals surface area contributed by atoms with Crippen molar-refractivity contribution in [2.75, 3.05) is 7.11 Å².